The summed E-state index contributed by atoms with van der Waals surface area (Å²) in [6, 6.07) is 6.14. The van der Waals surface area contributed by atoms with Gasteiger partial charge in [-0.25, -0.2) is 17.2 Å². The number of hydrogen-bond donors (Lipinski definition) is 2. The zero-order valence-corrected chi connectivity index (χ0v) is 18.9. The van der Waals surface area contributed by atoms with Crippen molar-refractivity contribution in [2.24, 2.45) is 11.1 Å². The third kappa shape index (κ3) is 4.69. The first kappa shape index (κ1) is 23.2. The van der Waals surface area contributed by atoms with Crippen molar-refractivity contribution >= 4 is 15.7 Å². The molecule has 9 heteroatoms. The van der Waals surface area contributed by atoms with Crippen LogP contribution in [0.2, 0.25) is 0 Å². The molecule has 0 aliphatic heterocycles. The van der Waals surface area contributed by atoms with Crippen molar-refractivity contribution in [3.63, 3.8) is 0 Å². The van der Waals surface area contributed by atoms with Crippen LogP contribution in [0, 0.1) is 5.41 Å². The van der Waals surface area contributed by atoms with Crippen LogP contribution < -0.4 is 15.8 Å². The van der Waals surface area contributed by atoms with Gasteiger partial charge >= 0.3 is 0 Å². The van der Waals surface area contributed by atoms with E-state index < -0.39 is 21.4 Å². The lowest BCUT2D eigenvalue weighted by Gasteiger charge is -2.53. The molecule has 4 aliphatic carbocycles. The number of fused-ring (bicyclic) bond motifs is 3. The van der Waals surface area contributed by atoms with Crippen LogP contribution >= 0.6 is 0 Å². The Morgan fingerprint density at radius 2 is 1.66 bits per heavy atom. The maximum Gasteiger partial charge on any atom is 0.258 e. The minimum absolute atomic E-state index is 0.00399. The summed E-state index contributed by atoms with van der Waals surface area (Å²) >= 11 is 0. The molecule has 0 radical (unpaired) electrons. The molecule has 0 saturated heterocycles. The Hall–Kier alpha value is -2.00. The minimum Gasteiger partial charge on any atom is -0.489 e. The van der Waals surface area contributed by atoms with Crippen molar-refractivity contribution in [2.45, 2.75) is 67.5 Å². The first-order valence-corrected chi connectivity index (χ1v) is 12.7. The second-order valence-electron chi connectivity index (χ2n) is 9.69. The van der Waals surface area contributed by atoms with Crippen LogP contribution in [0.5, 0.6) is 5.75 Å². The van der Waals surface area contributed by atoms with E-state index in [4.69, 9.17) is 10.5 Å². The highest BCUT2D eigenvalue weighted by molar-refractivity contribution is 7.91. The standard InChI is InChI=1S/C23H30F2N2O4S/c24-13-17(14-26)15-31-18-1-3-19(4-2-18)32(29,30)16-21-5-8-22(9-6-21,10-7-21)27-20(28)23(25)11-12-23/h1-4,13H,5-12,14-16,26H2,(H,27,28). The summed E-state index contributed by atoms with van der Waals surface area (Å²) in [7, 11) is -3.51. The predicted molar refractivity (Wildman–Crippen MR) is 116 cm³/mol. The van der Waals surface area contributed by atoms with Gasteiger partial charge < -0.3 is 15.8 Å². The SMILES string of the molecule is NCC(=CF)COc1ccc(S(=O)(=O)CC23CCC(NC(=O)C4(F)CC4)(CC2)CC3)cc1. The average Bonchev–Trinajstić information content (AvgIpc) is 3.54. The molecule has 4 aliphatic rings. The summed E-state index contributed by atoms with van der Waals surface area (Å²) in [4.78, 5) is 12.4. The zero-order valence-electron chi connectivity index (χ0n) is 18.0. The van der Waals surface area contributed by atoms with Gasteiger partial charge in [-0.15, -0.1) is 0 Å². The molecule has 0 atom stereocenters. The summed E-state index contributed by atoms with van der Waals surface area (Å²) in [6.45, 7) is 0.0503. The number of alkyl halides is 1. The van der Waals surface area contributed by atoms with Gasteiger partial charge in [0.15, 0.2) is 15.5 Å². The van der Waals surface area contributed by atoms with E-state index in [1.54, 1.807) is 12.1 Å². The molecule has 1 aromatic carbocycles. The van der Waals surface area contributed by atoms with Gasteiger partial charge in [0.25, 0.3) is 5.91 Å². The molecular formula is C23H30F2N2O4S. The zero-order chi connectivity index (χ0) is 23.0. The van der Waals surface area contributed by atoms with E-state index >= 15 is 0 Å². The monoisotopic (exact) mass is 468 g/mol. The second kappa shape index (κ2) is 8.41. The molecule has 0 heterocycles. The molecule has 176 valence electrons. The Kier molecular flexibility index (Phi) is 6.09. The van der Waals surface area contributed by atoms with Crippen molar-refractivity contribution in [3.8, 4) is 5.75 Å². The molecule has 3 N–H and O–H groups in total. The smallest absolute Gasteiger partial charge is 0.258 e. The number of nitrogens with two attached hydrogens (primary N) is 1. The van der Waals surface area contributed by atoms with Crippen LogP contribution in [0.1, 0.15) is 51.4 Å². The van der Waals surface area contributed by atoms with Crippen LogP contribution in [0.3, 0.4) is 0 Å². The largest absolute Gasteiger partial charge is 0.489 e. The van der Waals surface area contributed by atoms with Gasteiger partial charge in [0.2, 0.25) is 0 Å². The molecule has 2 bridgehead atoms. The fourth-order valence-corrected chi connectivity index (χ4v) is 6.85. The first-order chi connectivity index (χ1) is 15.1. The molecule has 5 rings (SSSR count). The van der Waals surface area contributed by atoms with E-state index in [2.05, 4.69) is 5.32 Å². The third-order valence-corrected chi connectivity index (χ3v) is 9.38. The average molecular weight is 469 g/mol. The van der Waals surface area contributed by atoms with Gasteiger partial charge in [-0.2, -0.15) is 0 Å². The van der Waals surface area contributed by atoms with E-state index in [1.807, 2.05) is 0 Å². The van der Waals surface area contributed by atoms with Gasteiger partial charge in [-0.1, -0.05) is 0 Å². The molecule has 32 heavy (non-hydrogen) atoms. The number of halogens is 2. The van der Waals surface area contributed by atoms with Crippen LogP contribution in [0.25, 0.3) is 0 Å². The van der Waals surface area contributed by atoms with Gasteiger partial charge in [0.05, 0.1) is 17.0 Å². The highest BCUT2D eigenvalue weighted by atomic mass is 32.2. The fraction of sp³-hybridized carbons (Fsp3) is 0.609. The number of nitrogens with one attached hydrogen (secondary N) is 1. The predicted octanol–water partition coefficient (Wildman–Crippen LogP) is 3.36. The molecule has 0 aromatic heterocycles. The van der Waals surface area contributed by atoms with Gasteiger partial charge in [-0.05, 0) is 81.0 Å². The maximum absolute atomic E-state index is 14.1. The van der Waals surface area contributed by atoms with Gasteiger partial charge in [0.1, 0.15) is 12.4 Å². The fourth-order valence-electron chi connectivity index (χ4n) is 4.90. The molecular weight excluding hydrogens is 438 g/mol. The van der Waals surface area contributed by atoms with Crippen LogP contribution in [-0.4, -0.2) is 44.4 Å². The maximum atomic E-state index is 14.1. The lowest BCUT2D eigenvalue weighted by atomic mass is 9.58. The lowest BCUT2D eigenvalue weighted by Crippen LogP contribution is -2.59. The normalized spacial score (nSPS) is 28.9. The summed E-state index contributed by atoms with van der Waals surface area (Å²) in [5, 5.41) is 2.96. The van der Waals surface area contributed by atoms with E-state index in [1.165, 1.54) is 12.1 Å². The summed E-state index contributed by atoms with van der Waals surface area (Å²) in [6.07, 6.45) is 5.14. The van der Waals surface area contributed by atoms with Crippen molar-refractivity contribution in [2.75, 3.05) is 18.9 Å². The highest BCUT2D eigenvalue weighted by Gasteiger charge is 2.56. The summed E-state index contributed by atoms with van der Waals surface area (Å²) < 4.78 is 58.3. The summed E-state index contributed by atoms with van der Waals surface area (Å²) in [5.74, 6) is -0.00591. The van der Waals surface area contributed by atoms with E-state index in [-0.39, 0.29) is 34.8 Å². The van der Waals surface area contributed by atoms with E-state index in [9.17, 15) is 22.0 Å². The Labute approximate surface area is 187 Å². The van der Waals surface area contributed by atoms with Crippen molar-refractivity contribution in [3.05, 3.63) is 36.2 Å². The molecule has 1 amide bonds. The minimum atomic E-state index is -3.51. The van der Waals surface area contributed by atoms with Gasteiger partial charge in [0, 0.05) is 17.7 Å². The van der Waals surface area contributed by atoms with Crippen LogP contribution in [0.4, 0.5) is 8.78 Å². The Balaban J connectivity index is 1.36. The third-order valence-electron chi connectivity index (χ3n) is 7.40. The van der Waals surface area contributed by atoms with Crippen LogP contribution in [-0.2, 0) is 14.6 Å². The van der Waals surface area contributed by atoms with Crippen molar-refractivity contribution in [1.82, 2.24) is 5.32 Å². The number of sulfone groups is 1. The Morgan fingerprint density at radius 1 is 1.06 bits per heavy atom. The first-order valence-electron chi connectivity index (χ1n) is 11.1. The second-order valence-corrected chi connectivity index (χ2v) is 11.7. The quantitative estimate of drug-likeness (QED) is 0.579. The van der Waals surface area contributed by atoms with E-state index in [0.717, 1.165) is 0 Å². The Bertz CT molecular complexity index is 979. The Morgan fingerprint density at radius 3 is 2.16 bits per heavy atom. The number of carbonyl (C=O) groups is 1. The van der Waals surface area contributed by atoms with Crippen LogP contribution in [0.15, 0.2) is 41.1 Å². The topological polar surface area (TPSA) is 98.5 Å². The van der Waals surface area contributed by atoms with Gasteiger partial charge in [-0.3, -0.25) is 4.79 Å². The van der Waals surface area contributed by atoms with Crippen molar-refractivity contribution < 1.29 is 26.7 Å². The number of ether oxygens (including phenoxy) is 1. The number of carbonyl (C=O) groups excluding carboxylic acids is 1. The highest BCUT2D eigenvalue weighted by Crippen LogP contribution is 2.54. The van der Waals surface area contributed by atoms with E-state index in [0.29, 0.717) is 69.0 Å². The lowest BCUT2D eigenvalue weighted by molar-refractivity contribution is -0.131. The molecule has 6 nitrogen and oxygen atoms in total. The molecule has 1 aromatic rings. The molecule has 0 unspecified atom stereocenters. The summed E-state index contributed by atoms with van der Waals surface area (Å²) in [5.41, 5.74) is 3.32. The molecule has 0 spiro atoms. The molecule has 4 saturated carbocycles. The van der Waals surface area contributed by atoms with Crippen molar-refractivity contribution in [1.29, 1.82) is 0 Å². The number of amides is 1. The number of rotatable bonds is 9. The molecule has 4 fully saturated rings. The number of hydrogen-bond acceptors (Lipinski definition) is 5. The number of benzene rings is 1.